The van der Waals surface area contributed by atoms with Gasteiger partial charge in [0.25, 0.3) is 5.70 Å². The number of allylic oxidation sites excluding steroid dienone is 7. The summed E-state index contributed by atoms with van der Waals surface area (Å²) in [5.41, 5.74) is 3.66. The molecule has 1 aliphatic heterocycles. The van der Waals surface area contributed by atoms with Crippen molar-refractivity contribution < 1.29 is 9.72 Å². The SMILES string of the molecule is CCCCCCCCN1/C(=C\C=C2\C=C([N+](=O)[O-])C=CC2=O)C(C)(C)c2ccccc21. The van der Waals surface area contributed by atoms with Crippen molar-refractivity contribution in [1.29, 1.82) is 0 Å². The van der Waals surface area contributed by atoms with Crippen molar-refractivity contribution in [2.24, 2.45) is 0 Å². The Morgan fingerprint density at radius 1 is 1.03 bits per heavy atom. The maximum atomic E-state index is 12.3. The van der Waals surface area contributed by atoms with Crippen LogP contribution < -0.4 is 4.90 Å². The molecule has 0 radical (unpaired) electrons. The van der Waals surface area contributed by atoms with E-state index < -0.39 is 4.92 Å². The number of rotatable bonds is 9. The van der Waals surface area contributed by atoms with Gasteiger partial charge < -0.3 is 4.90 Å². The lowest BCUT2D eigenvalue weighted by atomic mass is 9.83. The predicted octanol–water partition coefficient (Wildman–Crippen LogP) is 6.25. The second kappa shape index (κ2) is 9.90. The average Bonchev–Trinajstić information content (AvgIpc) is 2.96. The smallest absolute Gasteiger partial charge is 0.270 e. The van der Waals surface area contributed by atoms with Gasteiger partial charge in [0.1, 0.15) is 0 Å². The minimum absolute atomic E-state index is 0.0675. The number of carbonyl (C=O) groups excluding carboxylic acids is 1. The van der Waals surface area contributed by atoms with E-state index in [1.807, 2.05) is 6.08 Å². The fourth-order valence-electron chi connectivity index (χ4n) is 4.38. The number of hydrogen-bond donors (Lipinski definition) is 0. The van der Waals surface area contributed by atoms with E-state index in [1.54, 1.807) is 6.08 Å². The van der Waals surface area contributed by atoms with E-state index in [1.165, 1.54) is 61.6 Å². The van der Waals surface area contributed by atoms with Gasteiger partial charge in [-0.2, -0.15) is 0 Å². The zero-order valence-electron chi connectivity index (χ0n) is 18.8. The molecule has 0 spiro atoms. The lowest BCUT2D eigenvalue weighted by molar-refractivity contribution is -0.419. The molecule has 0 aromatic heterocycles. The standard InChI is InChI=1S/C26H32N2O3/c1-4-5-6-7-8-11-18-27-23-13-10-9-12-22(23)26(2,3)25(27)17-14-20-19-21(28(30)31)15-16-24(20)29/h9-10,12-17,19H,4-8,11,18H2,1-3H3/b20-14-,25-17-. The molecule has 1 heterocycles. The molecule has 0 fully saturated rings. The van der Waals surface area contributed by atoms with Gasteiger partial charge in [-0.1, -0.05) is 71.1 Å². The molecule has 0 N–H and O–H groups in total. The number of carbonyl (C=O) groups is 1. The largest absolute Gasteiger partial charge is 0.344 e. The molecule has 1 aliphatic carbocycles. The molecule has 0 amide bonds. The lowest BCUT2D eigenvalue weighted by Crippen LogP contribution is -2.27. The fourth-order valence-corrected chi connectivity index (χ4v) is 4.38. The van der Waals surface area contributed by atoms with Crippen LogP contribution in [0.2, 0.25) is 0 Å². The first-order valence-corrected chi connectivity index (χ1v) is 11.2. The summed E-state index contributed by atoms with van der Waals surface area (Å²) in [7, 11) is 0. The van der Waals surface area contributed by atoms with Crippen LogP contribution in [0.15, 0.2) is 71.6 Å². The summed E-state index contributed by atoms with van der Waals surface area (Å²) in [5, 5.41) is 11.1. The zero-order valence-corrected chi connectivity index (χ0v) is 18.8. The van der Waals surface area contributed by atoms with Crippen molar-refractivity contribution in [3.8, 4) is 0 Å². The molecular formula is C26H32N2O3. The van der Waals surface area contributed by atoms with Crippen LogP contribution in [0.5, 0.6) is 0 Å². The van der Waals surface area contributed by atoms with Gasteiger partial charge in [0.15, 0.2) is 5.78 Å². The highest BCUT2D eigenvalue weighted by molar-refractivity contribution is 6.07. The van der Waals surface area contributed by atoms with Gasteiger partial charge >= 0.3 is 0 Å². The lowest BCUT2D eigenvalue weighted by Gasteiger charge is -2.27. The van der Waals surface area contributed by atoms with Crippen molar-refractivity contribution >= 4 is 11.5 Å². The van der Waals surface area contributed by atoms with E-state index in [-0.39, 0.29) is 16.9 Å². The quantitative estimate of drug-likeness (QED) is 0.205. The summed E-state index contributed by atoms with van der Waals surface area (Å²) < 4.78 is 0. The normalized spacial score (nSPS) is 19.8. The summed E-state index contributed by atoms with van der Waals surface area (Å²) in [6.45, 7) is 7.54. The van der Waals surface area contributed by atoms with Crippen LogP contribution in [0.25, 0.3) is 0 Å². The van der Waals surface area contributed by atoms with Gasteiger partial charge in [-0.15, -0.1) is 0 Å². The monoisotopic (exact) mass is 420 g/mol. The third-order valence-electron chi connectivity index (χ3n) is 6.16. The molecule has 0 atom stereocenters. The molecule has 31 heavy (non-hydrogen) atoms. The summed E-state index contributed by atoms with van der Waals surface area (Å²) >= 11 is 0. The Morgan fingerprint density at radius 2 is 1.74 bits per heavy atom. The molecule has 3 rings (SSSR count). The van der Waals surface area contributed by atoms with Crippen LogP contribution in [0.1, 0.15) is 64.9 Å². The highest BCUT2D eigenvalue weighted by atomic mass is 16.6. The molecule has 5 heteroatoms. The minimum atomic E-state index is -0.468. The molecule has 2 aliphatic rings. The van der Waals surface area contributed by atoms with E-state index in [2.05, 4.69) is 49.9 Å². The van der Waals surface area contributed by atoms with Crippen LogP contribution in [0, 0.1) is 10.1 Å². The van der Waals surface area contributed by atoms with Gasteiger partial charge in [0, 0.05) is 41.1 Å². The van der Waals surface area contributed by atoms with Crippen LogP contribution in [0.3, 0.4) is 0 Å². The first-order chi connectivity index (χ1) is 14.9. The van der Waals surface area contributed by atoms with E-state index in [0.29, 0.717) is 5.57 Å². The van der Waals surface area contributed by atoms with Crippen molar-refractivity contribution in [1.82, 2.24) is 0 Å². The fraction of sp³-hybridized carbons (Fsp3) is 0.423. The number of hydrogen-bond acceptors (Lipinski definition) is 4. The summed E-state index contributed by atoms with van der Waals surface area (Å²) in [4.78, 5) is 25.3. The van der Waals surface area contributed by atoms with E-state index in [9.17, 15) is 14.9 Å². The molecule has 0 bridgehead atoms. The summed E-state index contributed by atoms with van der Waals surface area (Å²) in [5.74, 6) is -0.210. The average molecular weight is 421 g/mol. The zero-order chi connectivity index (χ0) is 22.4. The Bertz CT molecular complexity index is 967. The van der Waals surface area contributed by atoms with Gasteiger partial charge in [-0.3, -0.25) is 14.9 Å². The Morgan fingerprint density at radius 3 is 2.48 bits per heavy atom. The summed E-state index contributed by atoms with van der Waals surface area (Å²) in [6, 6.07) is 8.44. The number of nitrogens with zero attached hydrogens (tertiary/aromatic N) is 2. The number of fused-ring (bicyclic) bond motifs is 1. The second-order valence-corrected chi connectivity index (χ2v) is 8.76. The van der Waals surface area contributed by atoms with Crippen molar-refractivity contribution in [3.63, 3.8) is 0 Å². The maximum Gasteiger partial charge on any atom is 0.270 e. The van der Waals surface area contributed by atoms with Crippen molar-refractivity contribution in [2.75, 3.05) is 11.4 Å². The Labute approximate surface area is 185 Å². The van der Waals surface area contributed by atoms with E-state index in [0.717, 1.165) is 18.7 Å². The van der Waals surface area contributed by atoms with Gasteiger partial charge in [-0.05, 0) is 36.3 Å². The highest BCUT2D eigenvalue weighted by Gasteiger charge is 2.39. The predicted molar refractivity (Wildman–Crippen MR) is 126 cm³/mol. The Balaban J connectivity index is 1.88. The van der Waals surface area contributed by atoms with Crippen LogP contribution in [-0.4, -0.2) is 17.3 Å². The molecule has 164 valence electrons. The molecule has 1 aromatic rings. The van der Waals surface area contributed by atoms with Gasteiger partial charge in [0.05, 0.1) is 4.92 Å². The third kappa shape index (κ3) is 5.04. The number of anilines is 1. The topological polar surface area (TPSA) is 63.4 Å². The number of nitro groups is 1. The molecule has 0 saturated carbocycles. The Kier molecular flexibility index (Phi) is 7.26. The highest BCUT2D eigenvalue weighted by Crippen LogP contribution is 2.47. The van der Waals surface area contributed by atoms with Gasteiger partial charge in [0.2, 0.25) is 0 Å². The number of para-hydroxylation sites is 1. The maximum absolute atomic E-state index is 12.3. The molecule has 1 aromatic carbocycles. The molecule has 0 unspecified atom stereocenters. The number of unbranched alkanes of at least 4 members (excludes halogenated alkanes) is 5. The van der Waals surface area contributed by atoms with Crippen LogP contribution in [-0.2, 0) is 10.2 Å². The molecule has 5 nitrogen and oxygen atoms in total. The molecule has 0 saturated heterocycles. The van der Waals surface area contributed by atoms with Crippen LogP contribution in [0.4, 0.5) is 5.69 Å². The van der Waals surface area contributed by atoms with Gasteiger partial charge in [-0.25, -0.2) is 0 Å². The third-order valence-corrected chi connectivity index (χ3v) is 6.16. The molecular weight excluding hydrogens is 388 g/mol. The Hall–Kier alpha value is -2.95. The van der Waals surface area contributed by atoms with Crippen molar-refractivity contribution in [2.45, 2.75) is 64.7 Å². The van der Waals surface area contributed by atoms with Crippen LogP contribution >= 0.6 is 0 Å². The van der Waals surface area contributed by atoms with E-state index >= 15 is 0 Å². The van der Waals surface area contributed by atoms with E-state index in [4.69, 9.17) is 0 Å². The summed E-state index contributed by atoms with van der Waals surface area (Å²) in [6.07, 6.45) is 15.0. The first-order valence-electron chi connectivity index (χ1n) is 11.2. The number of benzene rings is 1. The second-order valence-electron chi connectivity index (χ2n) is 8.76. The minimum Gasteiger partial charge on any atom is -0.344 e. The first kappa shape index (κ1) is 22.7. The van der Waals surface area contributed by atoms with Crippen molar-refractivity contribution in [3.05, 3.63) is 87.3 Å². The number of ketones is 1.